The lowest BCUT2D eigenvalue weighted by Gasteiger charge is -2.59. The number of ether oxygens (including phenoxy) is 3. The summed E-state index contributed by atoms with van der Waals surface area (Å²) in [7, 11) is 0. The summed E-state index contributed by atoms with van der Waals surface area (Å²) in [6.07, 6.45) is 0.133. The highest BCUT2D eigenvalue weighted by Gasteiger charge is 2.69. The van der Waals surface area contributed by atoms with Crippen molar-refractivity contribution in [3.05, 3.63) is 0 Å². The summed E-state index contributed by atoms with van der Waals surface area (Å²) in [5.41, 5.74) is -0.782. The van der Waals surface area contributed by atoms with Gasteiger partial charge in [-0.15, -0.1) is 0 Å². The van der Waals surface area contributed by atoms with Gasteiger partial charge in [-0.2, -0.15) is 0 Å². The standard InChI is InChI=1S/C29H46N2O11/c1-14(2)13-20(24(35)31-23(17(5)32)25(36)37)30-21(33)9-10-22(34)38-26-16(4)19-8-7-15(3)18-11-12-28(6)40-27(39-26)29(18,19)42-41-28/h14-20,23,26-27,32H,7-13H2,1-6H3,(H,30,33)(H,31,35)(H,36,37)/t15-,16+,17+,18+,19-,20+,23+,26-,27+,28-,29-/m1/s1. The van der Waals surface area contributed by atoms with Crippen LogP contribution in [0.4, 0.5) is 0 Å². The maximum Gasteiger partial charge on any atom is 0.328 e. The monoisotopic (exact) mass is 598 g/mol. The summed E-state index contributed by atoms with van der Waals surface area (Å²) in [5, 5.41) is 23.8. The average molecular weight is 599 g/mol. The number of carbonyl (C=O) groups is 4. The normalized spacial score (nSPS) is 37.5. The summed E-state index contributed by atoms with van der Waals surface area (Å²) >= 11 is 0. The van der Waals surface area contributed by atoms with Crippen molar-refractivity contribution in [1.82, 2.24) is 10.6 Å². The van der Waals surface area contributed by atoms with E-state index in [9.17, 15) is 29.4 Å². The first-order valence-corrected chi connectivity index (χ1v) is 15.1. The molecule has 238 valence electrons. The fraction of sp³-hybridized carbons (Fsp3) is 0.862. The molecular formula is C29H46N2O11. The van der Waals surface area contributed by atoms with E-state index in [0.717, 1.165) is 19.3 Å². The molecule has 13 nitrogen and oxygen atoms in total. The Morgan fingerprint density at radius 3 is 2.36 bits per heavy atom. The summed E-state index contributed by atoms with van der Waals surface area (Å²) in [4.78, 5) is 61.6. The molecule has 4 N–H and O–H groups in total. The summed E-state index contributed by atoms with van der Waals surface area (Å²) in [6.45, 7) is 10.9. The van der Waals surface area contributed by atoms with Crippen molar-refractivity contribution < 1.29 is 53.4 Å². The first-order chi connectivity index (χ1) is 19.7. The van der Waals surface area contributed by atoms with E-state index in [2.05, 4.69) is 17.6 Å². The van der Waals surface area contributed by atoms with Gasteiger partial charge in [0.05, 0.1) is 12.5 Å². The second-order valence-electron chi connectivity index (χ2n) is 13.1. The Kier molecular flexibility index (Phi) is 9.88. The van der Waals surface area contributed by atoms with Crippen molar-refractivity contribution in [2.75, 3.05) is 0 Å². The van der Waals surface area contributed by atoms with Crippen LogP contribution in [0.15, 0.2) is 0 Å². The van der Waals surface area contributed by atoms with Crippen LogP contribution in [0.25, 0.3) is 0 Å². The van der Waals surface area contributed by atoms with Gasteiger partial charge in [-0.1, -0.05) is 27.7 Å². The highest BCUT2D eigenvalue weighted by Crippen LogP contribution is 2.60. The number of carboxylic acid groups (broad SMARTS) is 1. The SMILES string of the molecule is CC(C)C[C@H](NC(=O)CCC(=O)O[C@@H]1O[C@H]2O[C@@]3(C)CC[C@H]4[C@H](C)CC[C@H]([C@@H]1C)[C@@]24OO3)C(=O)N[C@H](C(=O)O)[C@H](C)O. The van der Waals surface area contributed by atoms with Gasteiger partial charge in [0.15, 0.2) is 17.9 Å². The minimum Gasteiger partial charge on any atom is -0.480 e. The van der Waals surface area contributed by atoms with Gasteiger partial charge in [0.25, 0.3) is 0 Å². The number of carbonyl (C=O) groups excluding carboxylic acids is 3. The lowest BCUT2D eigenvalue weighted by molar-refractivity contribution is -0.576. The molecule has 0 aromatic carbocycles. The number of aliphatic hydroxyl groups excluding tert-OH is 1. The van der Waals surface area contributed by atoms with E-state index in [1.54, 1.807) is 0 Å². The quantitative estimate of drug-likeness (QED) is 0.202. The molecule has 42 heavy (non-hydrogen) atoms. The van der Waals surface area contributed by atoms with Crippen LogP contribution in [-0.4, -0.2) is 76.1 Å². The molecule has 11 atom stereocenters. The smallest absolute Gasteiger partial charge is 0.328 e. The Labute approximate surface area is 246 Å². The number of hydrogen-bond acceptors (Lipinski definition) is 10. The van der Waals surface area contributed by atoms with Gasteiger partial charge >= 0.3 is 11.9 Å². The zero-order valence-electron chi connectivity index (χ0n) is 25.3. The molecule has 0 unspecified atom stereocenters. The van der Waals surface area contributed by atoms with E-state index in [4.69, 9.17) is 24.0 Å². The maximum atomic E-state index is 12.9. The fourth-order valence-electron chi connectivity index (χ4n) is 7.02. The zero-order valence-corrected chi connectivity index (χ0v) is 25.3. The second-order valence-corrected chi connectivity index (χ2v) is 13.1. The molecule has 0 aromatic heterocycles. The molecule has 5 fully saturated rings. The highest BCUT2D eigenvalue weighted by molar-refractivity contribution is 5.91. The molecule has 0 aromatic rings. The molecule has 2 bridgehead atoms. The van der Waals surface area contributed by atoms with Crippen molar-refractivity contribution in [1.29, 1.82) is 0 Å². The van der Waals surface area contributed by atoms with E-state index in [-0.39, 0.29) is 42.9 Å². The van der Waals surface area contributed by atoms with Gasteiger partial charge in [0.2, 0.25) is 23.9 Å². The molecule has 4 aliphatic heterocycles. The van der Waals surface area contributed by atoms with Crippen molar-refractivity contribution in [2.24, 2.45) is 29.6 Å². The summed E-state index contributed by atoms with van der Waals surface area (Å²) < 4.78 is 18.3. The van der Waals surface area contributed by atoms with Crippen molar-refractivity contribution in [3.8, 4) is 0 Å². The molecule has 4 heterocycles. The van der Waals surface area contributed by atoms with E-state index in [1.807, 2.05) is 27.7 Å². The van der Waals surface area contributed by atoms with Crippen LogP contribution < -0.4 is 10.6 Å². The van der Waals surface area contributed by atoms with E-state index in [1.165, 1.54) is 6.92 Å². The van der Waals surface area contributed by atoms with Crippen LogP contribution in [0, 0.1) is 29.6 Å². The number of aliphatic hydroxyl groups is 1. The highest BCUT2D eigenvalue weighted by atomic mass is 17.3. The largest absolute Gasteiger partial charge is 0.480 e. The van der Waals surface area contributed by atoms with Crippen LogP contribution in [-0.2, 0) is 43.2 Å². The first-order valence-electron chi connectivity index (χ1n) is 15.1. The van der Waals surface area contributed by atoms with Crippen molar-refractivity contribution in [3.63, 3.8) is 0 Å². The number of aliphatic carboxylic acids is 1. The molecule has 1 aliphatic carbocycles. The van der Waals surface area contributed by atoms with Crippen molar-refractivity contribution in [2.45, 2.75) is 129 Å². The van der Waals surface area contributed by atoms with Gasteiger partial charge in [0, 0.05) is 24.7 Å². The molecule has 13 heteroatoms. The number of rotatable bonds is 11. The molecule has 0 radical (unpaired) electrons. The number of esters is 1. The Morgan fingerprint density at radius 1 is 1.00 bits per heavy atom. The molecule has 1 saturated carbocycles. The van der Waals surface area contributed by atoms with Crippen LogP contribution in [0.1, 0.15) is 86.5 Å². The van der Waals surface area contributed by atoms with Crippen molar-refractivity contribution >= 4 is 23.8 Å². The number of hydrogen-bond donors (Lipinski definition) is 4. The third-order valence-electron chi connectivity index (χ3n) is 9.31. The van der Waals surface area contributed by atoms with Gasteiger partial charge in [-0.05, 0) is 57.3 Å². The first kappa shape index (κ1) is 32.6. The van der Waals surface area contributed by atoms with Gasteiger partial charge < -0.3 is 35.1 Å². The third-order valence-corrected chi connectivity index (χ3v) is 9.31. The third kappa shape index (κ3) is 6.59. The minimum atomic E-state index is -1.52. The second kappa shape index (κ2) is 12.7. The number of amides is 2. The molecular weight excluding hydrogens is 552 g/mol. The van der Waals surface area contributed by atoms with Crippen LogP contribution >= 0.6 is 0 Å². The predicted molar refractivity (Wildman–Crippen MR) is 145 cm³/mol. The lowest BCUT2D eigenvalue weighted by atomic mass is 9.58. The average Bonchev–Trinajstić information content (AvgIpc) is 3.13. The molecule has 2 amide bonds. The van der Waals surface area contributed by atoms with Crippen LogP contribution in [0.2, 0.25) is 0 Å². The van der Waals surface area contributed by atoms with Gasteiger partial charge in [0.1, 0.15) is 6.04 Å². The fourth-order valence-corrected chi connectivity index (χ4v) is 7.02. The minimum absolute atomic E-state index is 0.00504. The molecule has 4 saturated heterocycles. The van der Waals surface area contributed by atoms with Gasteiger partial charge in [-0.3, -0.25) is 14.4 Å². The van der Waals surface area contributed by atoms with E-state index < -0.39 is 65.9 Å². The number of carboxylic acids is 1. The van der Waals surface area contributed by atoms with Crippen LogP contribution in [0.5, 0.6) is 0 Å². The zero-order chi connectivity index (χ0) is 31.0. The Hall–Kier alpha value is -2.32. The maximum absolute atomic E-state index is 12.9. The predicted octanol–water partition coefficient (Wildman–Crippen LogP) is 2.00. The Balaban J connectivity index is 1.35. The lowest BCUT2D eigenvalue weighted by Crippen LogP contribution is -2.70. The van der Waals surface area contributed by atoms with Gasteiger partial charge in [-0.25, -0.2) is 14.6 Å². The molecule has 1 spiro atoms. The Bertz CT molecular complexity index is 1040. The van der Waals surface area contributed by atoms with Crippen LogP contribution in [0.3, 0.4) is 0 Å². The summed E-state index contributed by atoms with van der Waals surface area (Å²) in [6, 6.07) is -2.56. The summed E-state index contributed by atoms with van der Waals surface area (Å²) in [5.74, 6) is -3.95. The topological polar surface area (TPSA) is 179 Å². The number of nitrogens with one attached hydrogen (secondary N) is 2. The molecule has 5 rings (SSSR count). The number of fused-ring (bicyclic) bond motifs is 2. The van der Waals surface area contributed by atoms with E-state index in [0.29, 0.717) is 12.3 Å². The van der Waals surface area contributed by atoms with E-state index >= 15 is 0 Å². The molecule has 5 aliphatic rings. The Morgan fingerprint density at radius 2 is 1.71 bits per heavy atom.